The van der Waals surface area contributed by atoms with Gasteiger partial charge in [0.05, 0.1) is 22.2 Å². The van der Waals surface area contributed by atoms with Crippen molar-refractivity contribution < 1.29 is 27.9 Å². The van der Waals surface area contributed by atoms with Crippen LogP contribution in [0, 0.1) is 23.7 Å². The third kappa shape index (κ3) is 7.04. The molecular formula is C24H34N2O6S2. The maximum Gasteiger partial charge on any atom is 0.338 e. The van der Waals surface area contributed by atoms with Crippen LogP contribution in [0.25, 0.3) is 0 Å². The number of aromatic carboxylic acids is 1. The summed E-state index contributed by atoms with van der Waals surface area (Å²) in [6.45, 7) is 6.53. The Hall–Kier alpha value is -1.93. The lowest BCUT2D eigenvalue weighted by Gasteiger charge is -2.37. The molecule has 2 fully saturated rings. The minimum absolute atomic E-state index is 0.0123. The summed E-state index contributed by atoms with van der Waals surface area (Å²) in [6.07, 6.45) is 5.97. The van der Waals surface area contributed by atoms with Crippen LogP contribution in [0.3, 0.4) is 0 Å². The second-order valence-corrected chi connectivity index (χ2v) is 12.7. The van der Waals surface area contributed by atoms with Crippen LogP contribution in [-0.4, -0.2) is 56.5 Å². The summed E-state index contributed by atoms with van der Waals surface area (Å²) in [6, 6.07) is 1.36. The topological polar surface area (TPSA) is 113 Å². The van der Waals surface area contributed by atoms with Crippen LogP contribution in [0.15, 0.2) is 6.07 Å². The molecule has 34 heavy (non-hydrogen) atoms. The van der Waals surface area contributed by atoms with Crippen molar-refractivity contribution in [1.29, 1.82) is 0 Å². The number of carboxylic acid groups (broad SMARTS) is 1. The van der Waals surface area contributed by atoms with Crippen molar-refractivity contribution in [3.05, 3.63) is 16.5 Å². The lowest BCUT2D eigenvalue weighted by molar-refractivity contribution is -0.124. The van der Waals surface area contributed by atoms with E-state index in [2.05, 4.69) is 23.5 Å². The zero-order valence-electron chi connectivity index (χ0n) is 20.2. The molecule has 1 aromatic rings. The maximum absolute atomic E-state index is 13.7. The number of anilines is 1. The Bertz CT molecular complexity index is 1070. The smallest absolute Gasteiger partial charge is 0.338 e. The number of amides is 1. The SMILES string of the molecule is CC1CCC(C(=O)N(c2sc(C#CC(C)(C)NS(C)(=O)=O)cc2C(=O)O)C2CCOCC2)CC1. The Morgan fingerprint density at radius 1 is 1.18 bits per heavy atom. The molecule has 2 aliphatic rings. The molecule has 2 heterocycles. The number of carboxylic acids is 1. The fourth-order valence-electron chi connectivity index (χ4n) is 4.57. The van der Waals surface area contributed by atoms with Crippen LogP contribution in [0.2, 0.25) is 0 Å². The molecule has 1 aliphatic heterocycles. The number of ether oxygens (including phenoxy) is 1. The van der Waals surface area contributed by atoms with Crippen molar-refractivity contribution in [2.75, 3.05) is 24.4 Å². The summed E-state index contributed by atoms with van der Waals surface area (Å²) in [5.74, 6) is 5.16. The molecule has 0 spiro atoms. The van der Waals surface area contributed by atoms with Crippen molar-refractivity contribution >= 4 is 38.2 Å². The number of thiophene rings is 1. The van der Waals surface area contributed by atoms with E-state index in [4.69, 9.17) is 4.74 Å². The van der Waals surface area contributed by atoms with E-state index < -0.39 is 21.5 Å². The molecular weight excluding hydrogens is 476 g/mol. The second-order valence-electron chi connectivity index (χ2n) is 9.89. The monoisotopic (exact) mass is 510 g/mol. The predicted molar refractivity (Wildman–Crippen MR) is 133 cm³/mol. The first-order valence-electron chi connectivity index (χ1n) is 11.7. The highest BCUT2D eigenvalue weighted by molar-refractivity contribution is 7.88. The fraction of sp³-hybridized carbons (Fsp3) is 0.667. The summed E-state index contributed by atoms with van der Waals surface area (Å²) in [5.41, 5.74) is -0.983. The number of hydrogen-bond donors (Lipinski definition) is 2. The molecule has 2 N–H and O–H groups in total. The highest BCUT2D eigenvalue weighted by atomic mass is 32.2. The van der Waals surface area contributed by atoms with Crippen molar-refractivity contribution in [2.24, 2.45) is 11.8 Å². The Kier molecular flexibility index (Phi) is 8.45. The van der Waals surface area contributed by atoms with Crippen molar-refractivity contribution in [2.45, 2.75) is 70.9 Å². The number of rotatable bonds is 6. The summed E-state index contributed by atoms with van der Waals surface area (Å²) >= 11 is 1.17. The minimum atomic E-state index is -3.47. The molecule has 0 bridgehead atoms. The number of carbonyl (C=O) groups excluding carboxylic acids is 1. The Labute approximate surface area is 206 Å². The number of carbonyl (C=O) groups is 2. The number of nitrogens with one attached hydrogen (secondary N) is 1. The van der Waals surface area contributed by atoms with Crippen LogP contribution in [0.5, 0.6) is 0 Å². The van der Waals surface area contributed by atoms with Crippen LogP contribution < -0.4 is 9.62 Å². The molecule has 0 radical (unpaired) electrons. The molecule has 1 aromatic heterocycles. The molecule has 0 unspecified atom stereocenters. The van der Waals surface area contributed by atoms with Crippen molar-refractivity contribution in [3.8, 4) is 11.8 Å². The molecule has 0 aromatic carbocycles. The van der Waals surface area contributed by atoms with Crippen molar-refractivity contribution in [3.63, 3.8) is 0 Å². The van der Waals surface area contributed by atoms with Gasteiger partial charge in [-0.2, -0.15) is 4.72 Å². The van der Waals surface area contributed by atoms with E-state index >= 15 is 0 Å². The van der Waals surface area contributed by atoms with Gasteiger partial charge < -0.3 is 9.84 Å². The zero-order chi connectivity index (χ0) is 25.1. The molecule has 8 nitrogen and oxygen atoms in total. The van der Waals surface area contributed by atoms with Gasteiger partial charge in [-0.15, -0.1) is 11.3 Å². The van der Waals surface area contributed by atoms with Gasteiger partial charge in [0.2, 0.25) is 15.9 Å². The average Bonchev–Trinajstić information content (AvgIpc) is 3.16. The van der Waals surface area contributed by atoms with E-state index in [9.17, 15) is 23.1 Å². The largest absolute Gasteiger partial charge is 0.478 e. The van der Waals surface area contributed by atoms with Crippen LogP contribution >= 0.6 is 11.3 Å². The normalized spacial score (nSPS) is 22.0. The first-order chi connectivity index (χ1) is 15.9. The van der Waals surface area contributed by atoms with Gasteiger partial charge in [-0.3, -0.25) is 9.69 Å². The van der Waals surface area contributed by atoms with Crippen LogP contribution in [0.1, 0.15) is 74.5 Å². The summed E-state index contributed by atoms with van der Waals surface area (Å²) in [7, 11) is -3.47. The zero-order valence-corrected chi connectivity index (χ0v) is 21.9. The molecule has 1 saturated carbocycles. The van der Waals surface area contributed by atoms with Gasteiger partial charge in [-0.05, 0) is 64.4 Å². The van der Waals surface area contributed by atoms with Gasteiger partial charge in [0.25, 0.3) is 0 Å². The molecule has 3 rings (SSSR count). The van der Waals surface area contributed by atoms with E-state index in [0.29, 0.717) is 41.9 Å². The highest BCUT2D eigenvalue weighted by Gasteiger charge is 2.36. The van der Waals surface area contributed by atoms with Gasteiger partial charge in [-0.25, -0.2) is 13.2 Å². The summed E-state index contributed by atoms with van der Waals surface area (Å²) in [5, 5.41) is 10.3. The van der Waals surface area contributed by atoms with E-state index in [1.165, 1.54) is 17.4 Å². The highest BCUT2D eigenvalue weighted by Crippen LogP contribution is 2.38. The van der Waals surface area contributed by atoms with E-state index in [1.807, 2.05) is 0 Å². The van der Waals surface area contributed by atoms with Gasteiger partial charge in [0.15, 0.2) is 0 Å². The Morgan fingerprint density at radius 3 is 2.35 bits per heavy atom. The van der Waals surface area contributed by atoms with E-state index in [1.54, 1.807) is 18.7 Å². The third-order valence-corrected chi connectivity index (χ3v) is 8.19. The van der Waals surface area contributed by atoms with Gasteiger partial charge >= 0.3 is 5.97 Å². The summed E-state index contributed by atoms with van der Waals surface area (Å²) in [4.78, 5) is 28.1. The van der Waals surface area contributed by atoms with Crippen molar-refractivity contribution in [1.82, 2.24) is 4.72 Å². The number of sulfonamides is 1. The van der Waals surface area contributed by atoms with Gasteiger partial charge in [-0.1, -0.05) is 18.8 Å². The minimum Gasteiger partial charge on any atom is -0.478 e. The fourth-order valence-corrected chi connectivity index (χ4v) is 6.63. The maximum atomic E-state index is 13.7. The van der Waals surface area contributed by atoms with Gasteiger partial charge in [0.1, 0.15) is 5.00 Å². The lowest BCUT2D eigenvalue weighted by atomic mass is 9.82. The average molecular weight is 511 g/mol. The Balaban J connectivity index is 1.98. The summed E-state index contributed by atoms with van der Waals surface area (Å²) < 4.78 is 31.2. The second kappa shape index (κ2) is 10.8. The number of hydrogen-bond acceptors (Lipinski definition) is 6. The first kappa shape index (κ1) is 26.7. The number of nitrogens with zero attached hydrogens (tertiary/aromatic N) is 1. The van der Waals surface area contributed by atoms with Crippen LogP contribution in [-0.2, 0) is 19.6 Å². The third-order valence-electron chi connectivity index (χ3n) is 6.26. The molecule has 1 aliphatic carbocycles. The van der Waals surface area contributed by atoms with E-state index in [-0.39, 0.29) is 23.4 Å². The predicted octanol–water partition coefficient (Wildman–Crippen LogP) is 3.46. The van der Waals surface area contributed by atoms with E-state index in [0.717, 1.165) is 31.9 Å². The lowest BCUT2D eigenvalue weighted by Crippen LogP contribution is -2.47. The molecule has 0 atom stereocenters. The van der Waals surface area contributed by atoms with Crippen LogP contribution in [0.4, 0.5) is 5.00 Å². The quantitative estimate of drug-likeness (QED) is 0.567. The van der Waals surface area contributed by atoms with Gasteiger partial charge in [0, 0.05) is 25.2 Å². The molecule has 10 heteroatoms. The molecule has 1 saturated heterocycles. The Morgan fingerprint density at radius 2 is 1.79 bits per heavy atom. The standard InChI is InChI=1S/C24H34N2O6S2/c1-16-5-7-17(8-6-16)21(27)26(18-10-13-32-14-11-18)22-20(23(28)29)15-19(33-22)9-12-24(2,3)25-34(4,30)31/h15-18,25H,5-8,10-11,13-14H2,1-4H3,(H,28,29). The molecule has 188 valence electrons. The molecule has 1 amide bonds. The first-order valence-corrected chi connectivity index (χ1v) is 14.4.